The first-order valence-electron chi connectivity index (χ1n) is 6.68. The molecule has 21 heavy (non-hydrogen) atoms. The highest BCUT2D eigenvalue weighted by atomic mass is 19.1. The third kappa shape index (κ3) is 3.12. The molecule has 0 spiro atoms. The molecule has 7 heteroatoms. The minimum absolute atomic E-state index is 0.282. The third-order valence-corrected chi connectivity index (χ3v) is 3.90. The van der Waals surface area contributed by atoms with Crippen LogP contribution in [0.2, 0.25) is 0 Å². The van der Waals surface area contributed by atoms with Crippen LogP contribution in [0.25, 0.3) is 0 Å². The molecule has 3 N–H and O–H groups in total. The molecule has 0 aliphatic heterocycles. The highest BCUT2D eigenvalue weighted by Crippen LogP contribution is 2.34. The van der Waals surface area contributed by atoms with E-state index in [0.29, 0.717) is 6.07 Å². The number of urea groups is 1. The maximum Gasteiger partial charge on any atom is 0.338 e. The van der Waals surface area contributed by atoms with Gasteiger partial charge in [0.25, 0.3) is 0 Å². The lowest BCUT2D eigenvalue weighted by molar-refractivity contribution is 0.0691. The molecule has 1 aliphatic rings. The van der Waals surface area contributed by atoms with Gasteiger partial charge in [-0.15, -0.1) is 0 Å². The molecule has 1 aromatic rings. The van der Waals surface area contributed by atoms with E-state index in [1.165, 1.54) is 0 Å². The molecule has 0 heterocycles. The number of anilines is 1. The molecule has 0 bridgehead atoms. The molecule has 1 aliphatic carbocycles. The van der Waals surface area contributed by atoms with Gasteiger partial charge in [0.05, 0.1) is 11.3 Å². The molecule has 1 aromatic carbocycles. The topological polar surface area (TPSA) is 78.4 Å². The average molecular weight is 298 g/mol. The van der Waals surface area contributed by atoms with E-state index >= 15 is 0 Å². The van der Waals surface area contributed by atoms with Gasteiger partial charge in [-0.3, -0.25) is 0 Å². The van der Waals surface area contributed by atoms with Gasteiger partial charge in [0.1, 0.15) is 11.6 Å². The smallest absolute Gasteiger partial charge is 0.338 e. The Morgan fingerprint density at radius 1 is 1.29 bits per heavy atom. The Bertz CT molecular complexity index is 580. The molecular formula is C14H16F2N2O3. The number of nitrogens with one attached hydrogen (secondary N) is 2. The fraction of sp³-hybridized carbons (Fsp3) is 0.429. The van der Waals surface area contributed by atoms with Gasteiger partial charge in [0, 0.05) is 11.6 Å². The number of rotatable bonds is 4. The SMILES string of the molecule is CCC1(NC(=O)Nc2cc(C(=O)O)c(F)cc2F)CCC1. The first-order valence-corrected chi connectivity index (χ1v) is 6.68. The van der Waals surface area contributed by atoms with Gasteiger partial charge >= 0.3 is 12.0 Å². The molecule has 5 nitrogen and oxygen atoms in total. The number of benzene rings is 1. The van der Waals surface area contributed by atoms with E-state index in [-0.39, 0.29) is 11.2 Å². The van der Waals surface area contributed by atoms with Crippen LogP contribution < -0.4 is 10.6 Å². The summed E-state index contributed by atoms with van der Waals surface area (Å²) in [7, 11) is 0. The van der Waals surface area contributed by atoms with Crippen molar-refractivity contribution in [2.24, 2.45) is 0 Å². The van der Waals surface area contributed by atoms with Crippen LogP contribution >= 0.6 is 0 Å². The van der Waals surface area contributed by atoms with Crippen molar-refractivity contribution in [3.63, 3.8) is 0 Å². The van der Waals surface area contributed by atoms with Crippen molar-refractivity contribution < 1.29 is 23.5 Å². The second-order valence-electron chi connectivity index (χ2n) is 5.18. The van der Waals surface area contributed by atoms with Crippen molar-refractivity contribution in [2.45, 2.75) is 38.1 Å². The number of carbonyl (C=O) groups is 2. The van der Waals surface area contributed by atoms with Crippen molar-refractivity contribution in [1.29, 1.82) is 0 Å². The molecule has 0 atom stereocenters. The summed E-state index contributed by atoms with van der Waals surface area (Å²) in [5, 5.41) is 13.8. The van der Waals surface area contributed by atoms with Gasteiger partial charge in [-0.1, -0.05) is 6.92 Å². The van der Waals surface area contributed by atoms with Crippen molar-refractivity contribution in [3.8, 4) is 0 Å². The van der Waals surface area contributed by atoms with Crippen molar-refractivity contribution in [3.05, 3.63) is 29.3 Å². The molecule has 0 saturated heterocycles. The zero-order valence-electron chi connectivity index (χ0n) is 11.5. The summed E-state index contributed by atoms with van der Waals surface area (Å²) in [6.45, 7) is 1.94. The van der Waals surface area contributed by atoms with Gasteiger partial charge in [-0.05, 0) is 31.7 Å². The monoisotopic (exact) mass is 298 g/mol. The Balaban J connectivity index is 2.13. The Morgan fingerprint density at radius 2 is 1.95 bits per heavy atom. The van der Waals surface area contributed by atoms with Gasteiger partial charge in [-0.2, -0.15) is 0 Å². The third-order valence-electron chi connectivity index (χ3n) is 3.90. The van der Waals surface area contributed by atoms with Crippen molar-refractivity contribution in [1.82, 2.24) is 5.32 Å². The molecule has 1 saturated carbocycles. The largest absolute Gasteiger partial charge is 0.478 e. The number of carboxylic acids is 1. The molecular weight excluding hydrogens is 282 g/mol. The average Bonchev–Trinajstić information content (AvgIpc) is 2.36. The van der Waals surface area contributed by atoms with Gasteiger partial charge < -0.3 is 15.7 Å². The van der Waals surface area contributed by atoms with Crippen LogP contribution in [0.4, 0.5) is 19.3 Å². The number of hydrogen-bond acceptors (Lipinski definition) is 2. The molecule has 0 aromatic heterocycles. The van der Waals surface area contributed by atoms with Gasteiger partial charge in [0.2, 0.25) is 0 Å². The fourth-order valence-electron chi connectivity index (χ4n) is 2.37. The standard InChI is InChI=1S/C14H16F2N2O3/c1-2-14(4-3-5-14)18-13(21)17-11-6-8(12(19)20)9(15)7-10(11)16/h6-7H,2-5H2,1H3,(H,19,20)(H2,17,18,21). The molecule has 2 amide bonds. The number of carboxylic acid groups (broad SMARTS) is 1. The minimum atomic E-state index is -1.53. The minimum Gasteiger partial charge on any atom is -0.478 e. The van der Waals surface area contributed by atoms with Gasteiger partial charge in [0.15, 0.2) is 0 Å². The molecule has 0 radical (unpaired) electrons. The summed E-state index contributed by atoms with van der Waals surface area (Å²) in [6, 6.07) is 0.586. The van der Waals surface area contributed by atoms with E-state index in [0.717, 1.165) is 31.7 Å². The Labute approximate surface area is 120 Å². The fourth-order valence-corrected chi connectivity index (χ4v) is 2.37. The van der Waals surface area contributed by atoms with Crippen LogP contribution in [0.3, 0.4) is 0 Å². The summed E-state index contributed by atoms with van der Waals surface area (Å²) in [6.07, 6.45) is 3.47. The van der Waals surface area contributed by atoms with Crippen molar-refractivity contribution >= 4 is 17.7 Å². The first kappa shape index (κ1) is 15.2. The predicted octanol–water partition coefficient (Wildman–Crippen LogP) is 3.12. The van der Waals surface area contributed by atoms with Crippen LogP contribution in [0.5, 0.6) is 0 Å². The number of amides is 2. The van der Waals surface area contributed by atoms with Crippen LogP contribution in [-0.4, -0.2) is 22.6 Å². The highest BCUT2D eigenvalue weighted by Gasteiger charge is 2.36. The van der Waals surface area contributed by atoms with Crippen LogP contribution in [0.15, 0.2) is 12.1 Å². The van der Waals surface area contributed by atoms with Gasteiger partial charge in [-0.25, -0.2) is 18.4 Å². The van der Waals surface area contributed by atoms with Crippen LogP contribution in [0.1, 0.15) is 43.0 Å². The summed E-state index contributed by atoms with van der Waals surface area (Å²) >= 11 is 0. The first-order chi connectivity index (χ1) is 9.87. The number of hydrogen-bond donors (Lipinski definition) is 3. The number of carbonyl (C=O) groups excluding carboxylic acids is 1. The summed E-state index contributed by atoms with van der Waals surface area (Å²) in [5.74, 6) is -3.73. The molecule has 114 valence electrons. The number of halogens is 2. The Kier molecular flexibility index (Phi) is 4.11. The lowest BCUT2D eigenvalue weighted by atomic mass is 9.75. The van der Waals surface area contributed by atoms with E-state index in [1.54, 1.807) is 0 Å². The molecule has 2 rings (SSSR count). The number of aromatic carboxylic acids is 1. The maximum atomic E-state index is 13.6. The summed E-state index contributed by atoms with van der Waals surface area (Å²) in [4.78, 5) is 22.7. The lowest BCUT2D eigenvalue weighted by Gasteiger charge is -2.41. The normalized spacial score (nSPS) is 16.0. The van der Waals surface area contributed by atoms with E-state index in [2.05, 4.69) is 10.6 Å². The van der Waals surface area contributed by atoms with Crippen LogP contribution in [-0.2, 0) is 0 Å². The highest BCUT2D eigenvalue weighted by molar-refractivity contribution is 5.93. The summed E-state index contributed by atoms with van der Waals surface area (Å²) in [5.41, 5.74) is -1.34. The van der Waals surface area contributed by atoms with Crippen molar-refractivity contribution in [2.75, 3.05) is 5.32 Å². The van der Waals surface area contributed by atoms with Crippen LogP contribution in [0, 0.1) is 11.6 Å². The summed E-state index contributed by atoms with van der Waals surface area (Å²) < 4.78 is 26.8. The second kappa shape index (κ2) is 5.67. The second-order valence-corrected chi connectivity index (χ2v) is 5.18. The maximum absolute atomic E-state index is 13.6. The van der Waals surface area contributed by atoms with E-state index in [1.807, 2.05) is 6.92 Å². The molecule has 1 fully saturated rings. The molecule has 0 unspecified atom stereocenters. The van der Waals surface area contributed by atoms with E-state index in [9.17, 15) is 18.4 Å². The van der Waals surface area contributed by atoms with E-state index < -0.39 is 29.2 Å². The van der Waals surface area contributed by atoms with E-state index in [4.69, 9.17) is 5.11 Å². The Morgan fingerprint density at radius 3 is 2.43 bits per heavy atom. The zero-order chi connectivity index (χ0) is 15.6. The quantitative estimate of drug-likeness (QED) is 0.799. The lowest BCUT2D eigenvalue weighted by Crippen LogP contribution is -2.54. The zero-order valence-corrected chi connectivity index (χ0v) is 11.5. The predicted molar refractivity (Wildman–Crippen MR) is 72.3 cm³/mol. The Hall–Kier alpha value is -2.18.